The van der Waals surface area contributed by atoms with Crippen molar-refractivity contribution in [3.63, 3.8) is 0 Å². The van der Waals surface area contributed by atoms with Gasteiger partial charge in [-0.3, -0.25) is 24.1 Å². The fourth-order valence-corrected chi connectivity index (χ4v) is 5.41. The van der Waals surface area contributed by atoms with Crippen molar-refractivity contribution in [1.29, 1.82) is 0 Å². The number of hydrogen-bond donors (Lipinski definition) is 1. The van der Waals surface area contributed by atoms with Crippen molar-refractivity contribution >= 4 is 29.3 Å². The molecule has 8 nitrogen and oxygen atoms in total. The smallest absolute Gasteiger partial charge is 0.262 e. The molecule has 9 heteroatoms. The van der Waals surface area contributed by atoms with E-state index in [0.29, 0.717) is 18.5 Å². The lowest BCUT2D eigenvalue weighted by molar-refractivity contribution is -0.147. The predicted molar refractivity (Wildman–Crippen MR) is 142 cm³/mol. The van der Waals surface area contributed by atoms with Crippen molar-refractivity contribution < 1.29 is 28.3 Å². The highest BCUT2D eigenvalue weighted by Crippen LogP contribution is 2.35. The van der Waals surface area contributed by atoms with Crippen LogP contribution in [0.5, 0.6) is 0 Å². The van der Waals surface area contributed by atoms with Crippen LogP contribution in [-0.2, 0) is 27.2 Å². The Bertz CT molecular complexity index is 1410. The number of halogens is 1. The van der Waals surface area contributed by atoms with Crippen LogP contribution in [-0.4, -0.2) is 65.8 Å². The topological polar surface area (TPSA) is 96.0 Å². The largest absolute Gasteiger partial charge is 0.383 e. The van der Waals surface area contributed by atoms with Crippen LogP contribution >= 0.6 is 0 Å². The molecule has 3 aromatic carbocycles. The average molecular weight is 530 g/mol. The summed E-state index contributed by atoms with van der Waals surface area (Å²) in [5.41, 5.74) is 1.55. The molecule has 0 fully saturated rings. The number of imide groups is 1. The van der Waals surface area contributed by atoms with Gasteiger partial charge in [-0.25, -0.2) is 4.39 Å². The molecule has 0 aromatic heterocycles. The lowest BCUT2D eigenvalue weighted by atomic mass is 9.75. The number of nitrogens with one attached hydrogen (secondary N) is 1. The predicted octanol–water partition coefficient (Wildman–Crippen LogP) is 3.46. The molecule has 0 saturated heterocycles. The van der Waals surface area contributed by atoms with E-state index in [1.807, 2.05) is 24.3 Å². The fraction of sp³-hybridized carbons (Fsp3) is 0.267. The minimum absolute atomic E-state index is 0.0670. The van der Waals surface area contributed by atoms with Gasteiger partial charge in [-0.2, -0.15) is 0 Å². The number of benzene rings is 3. The molecule has 4 amide bonds. The molecular formula is C30H28FN3O5. The Morgan fingerprint density at radius 2 is 1.56 bits per heavy atom. The van der Waals surface area contributed by atoms with Crippen LogP contribution in [0, 0.1) is 5.82 Å². The molecule has 5 rings (SSSR count). The zero-order valence-electron chi connectivity index (χ0n) is 21.5. The number of aryl methyl sites for hydroxylation is 1. The van der Waals surface area contributed by atoms with E-state index in [-0.39, 0.29) is 30.7 Å². The van der Waals surface area contributed by atoms with Crippen molar-refractivity contribution in [2.24, 2.45) is 0 Å². The molecule has 3 aromatic rings. The van der Waals surface area contributed by atoms with Crippen LogP contribution in [0.1, 0.15) is 38.3 Å². The van der Waals surface area contributed by atoms with Crippen LogP contribution in [0.4, 0.5) is 10.1 Å². The van der Waals surface area contributed by atoms with Crippen LogP contribution in [0.3, 0.4) is 0 Å². The van der Waals surface area contributed by atoms with E-state index in [2.05, 4.69) is 5.32 Å². The number of carbonyl (C=O) groups excluding carboxylic acids is 4. The number of ether oxygens (including phenoxy) is 1. The number of nitrogens with zero attached hydrogens (tertiary/aromatic N) is 2. The quantitative estimate of drug-likeness (QED) is 0.451. The maximum absolute atomic E-state index is 14.1. The van der Waals surface area contributed by atoms with Crippen molar-refractivity contribution in [3.8, 4) is 0 Å². The van der Waals surface area contributed by atoms with Gasteiger partial charge < -0.3 is 15.0 Å². The highest BCUT2D eigenvalue weighted by Gasteiger charge is 2.49. The molecule has 0 radical (unpaired) electrons. The Balaban J connectivity index is 1.50. The van der Waals surface area contributed by atoms with Crippen LogP contribution in [0.25, 0.3) is 0 Å². The van der Waals surface area contributed by atoms with E-state index >= 15 is 0 Å². The fourth-order valence-electron chi connectivity index (χ4n) is 5.41. The average Bonchev–Trinajstić information content (AvgIpc) is 3.19. The van der Waals surface area contributed by atoms with E-state index in [1.165, 1.54) is 36.3 Å². The first-order valence-corrected chi connectivity index (χ1v) is 12.7. The molecule has 0 spiro atoms. The van der Waals surface area contributed by atoms with Gasteiger partial charge in [0.05, 0.1) is 17.7 Å². The first kappa shape index (κ1) is 26.2. The summed E-state index contributed by atoms with van der Waals surface area (Å²) in [6.07, 6.45) is 1.08. The Kier molecular flexibility index (Phi) is 7.26. The van der Waals surface area contributed by atoms with Crippen LogP contribution in [0.2, 0.25) is 0 Å². The van der Waals surface area contributed by atoms with Crippen molar-refractivity contribution in [2.75, 3.05) is 32.1 Å². The molecule has 1 heterocycles. The number of anilines is 1. The van der Waals surface area contributed by atoms with Crippen LogP contribution < -0.4 is 5.32 Å². The van der Waals surface area contributed by atoms with Gasteiger partial charge in [0.2, 0.25) is 5.91 Å². The van der Waals surface area contributed by atoms with Crippen molar-refractivity contribution in [2.45, 2.75) is 24.8 Å². The zero-order chi connectivity index (χ0) is 27.6. The third-order valence-corrected chi connectivity index (χ3v) is 7.44. The molecule has 2 aliphatic rings. The summed E-state index contributed by atoms with van der Waals surface area (Å²) >= 11 is 0. The second kappa shape index (κ2) is 10.8. The van der Waals surface area contributed by atoms with Crippen LogP contribution in [0.15, 0.2) is 72.8 Å². The van der Waals surface area contributed by atoms with Gasteiger partial charge in [-0.05, 0) is 60.4 Å². The molecule has 0 unspecified atom stereocenters. The number of rotatable bonds is 8. The molecule has 39 heavy (non-hydrogen) atoms. The maximum atomic E-state index is 14.1. The SMILES string of the molecule is COCCN(C(=O)CN1C(=O)c2ccccc2C1=O)[C@@]1(C(=O)Nc2ccc(F)cc2)CCc2ccccc2C1. The standard InChI is InChI=1S/C30H28FN3O5/c1-39-17-16-34(26(35)19-33-27(36)24-8-4-5-9-25(24)28(33)37)30(15-14-20-6-2-3-7-21(20)18-30)29(38)32-23-12-10-22(31)11-13-23/h2-13H,14-19H2,1H3,(H,32,38)/t30-/m0/s1. The molecule has 0 bridgehead atoms. The van der Waals surface area contributed by atoms with E-state index < -0.39 is 41.5 Å². The second-order valence-corrected chi connectivity index (χ2v) is 9.72. The zero-order valence-corrected chi connectivity index (χ0v) is 21.5. The molecule has 200 valence electrons. The monoisotopic (exact) mass is 529 g/mol. The minimum Gasteiger partial charge on any atom is -0.383 e. The highest BCUT2D eigenvalue weighted by molar-refractivity contribution is 6.22. The van der Waals surface area contributed by atoms with E-state index in [9.17, 15) is 23.6 Å². The lowest BCUT2D eigenvalue weighted by Crippen LogP contribution is -2.64. The molecule has 1 N–H and O–H groups in total. The summed E-state index contributed by atoms with van der Waals surface area (Å²) in [5.74, 6) is -2.51. The molecule has 0 saturated carbocycles. The van der Waals surface area contributed by atoms with Crippen molar-refractivity contribution in [3.05, 3.63) is 101 Å². The third-order valence-electron chi connectivity index (χ3n) is 7.44. The number of hydrogen-bond acceptors (Lipinski definition) is 5. The van der Waals surface area contributed by atoms with E-state index in [1.54, 1.807) is 24.3 Å². The van der Waals surface area contributed by atoms with Gasteiger partial charge in [0.1, 0.15) is 17.9 Å². The Labute approximate surface area is 225 Å². The Morgan fingerprint density at radius 1 is 0.949 bits per heavy atom. The third kappa shape index (κ3) is 4.93. The van der Waals surface area contributed by atoms with Crippen molar-refractivity contribution in [1.82, 2.24) is 9.80 Å². The van der Waals surface area contributed by atoms with Gasteiger partial charge in [0.15, 0.2) is 0 Å². The molecule has 1 atom stereocenters. The lowest BCUT2D eigenvalue weighted by Gasteiger charge is -2.45. The van der Waals surface area contributed by atoms with Gasteiger partial charge in [0, 0.05) is 25.8 Å². The van der Waals surface area contributed by atoms with Gasteiger partial charge in [0.25, 0.3) is 17.7 Å². The summed E-state index contributed by atoms with van der Waals surface area (Å²) in [6, 6.07) is 19.6. The first-order valence-electron chi connectivity index (χ1n) is 12.7. The van der Waals surface area contributed by atoms with Gasteiger partial charge in [-0.15, -0.1) is 0 Å². The Hall–Kier alpha value is -4.37. The summed E-state index contributed by atoms with van der Waals surface area (Å²) in [6.45, 7) is -0.304. The first-order chi connectivity index (χ1) is 18.8. The summed E-state index contributed by atoms with van der Waals surface area (Å²) in [5, 5.41) is 2.86. The second-order valence-electron chi connectivity index (χ2n) is 9.72. The molecule has 1 aliphatic carbocycles. The maximum Gasteiger partial charge on any atom is 0.262 e. The highest BCUT2D eigenvalue weighted by atomic mass is 19.1. The van der Waals surface area contributed by atoms with Gasteiger partial charge >= 0.3 is 0 Å². The number of carbonyl (C=O) groups is 4. The summed E-state index contributed by atoms with van der Waals surface area (Å²) < 4.78 is 18.8. The number of amides is 4. The van der Waals surface area contributed by atoms with E-state index in [0.717, 1.165) is 16.0 Å². The number of methoxy groups -OCH3 is 1. The molecule has 1 aliphatic heterocycles. The normalized spacial score (nSPS) is 17.9. The van der Waals surface area contributed by atoms with E-state index in [4.69, 9.17) is 4.74 Å². The number of fused-ring (bicyclic) bond motifs is 2. The molecular weight excluding hydrogens is 501 g/mol. The Morgan fingerprint density at radius 3 is 2.21 bits per heavy atom. The summed E-state index contributed by atoms with van der Waals surface area (Å²) in [4.78, 5) is 56.4. The summed E-state index contributed by atoms with van der Waals surface area (Å²) in [7, 11) is 1.49. The minimum atomic E-state index is -1.34. The van der Waals surface area contributed by atoms with Gasteiger partial charge in [-0.1, -0.05) is 36.4 Å².